The minimum Gasteiger partial charge on any atom is -0.378 e. The highest BCUT2D eigenvalue weighted by Gasteiger charge is 2.10. The van der Waals surface area contributed by atoms with Gasteiger partial charge in [-0.1, -0.05) is 35.9 Å². The van der Waals surface area contributed by atoms with Gasteiger partial charge < -0.3 is 20.3 Å². The summed E-state index contributed by atoms with van der Waals surface area (Å²) >= 11 is 5.94. The molecule has 0 radical (unpaired) electrons. The zero-order chi connectivity index (χ0) is 18.9. The van der Waals surface area contributed by atoms with E-state index in [0.29, 0.717) is 13.1 Å². The maximum absolute atomic E-state index is 5.94. The predicted octanol–water partition coefficient (Wildman–Crippen LogP) is 3.43. The second-order valence-corrected chi connectivity index (χ2v) is 6.88. The molecule has 1 heterocycles. The molecule has 0 saturated carbocycles. The Bertz CT molecular complexity index is 725. The van der Waals surface area contributed by atoms with Gasteiger partial charge >= 0.3 is 0 Å². The molecule has 0 aliphatic carbocycles. The summed E-state index contributed by atoms with van der Waals surface area (Å²) in [6.07, 6.45) is 0. The molecule has 1 aliphatic rings. The molecule has 2 aromatic rings. The zero-order valence-electron chi connectivity index (χ0n) is 15.7. The first kappa shape index (κ1) is 19.5. The van der Waals surface area contributed by atoms with Crippen molar-refractivity contribution in [2.75, 3.05) is 37.7 Å². The lowest BCUT2D eigenvalue weighted by Crippen LogP contribution is -2.36. The Morgan fingerprint density at radius 1 is 1.00 bits per heavy atom. The van der Waals surface area contributed by atoms with Crippen LogP contribution in [0.5, 0.6) is 0 Å². The van der Waals surface area contributed by atoms with Crippen molar-refractivity contribution in [1.82, 2.24) is 10.6 Å². The zero-order valence-corrected chi connectivity index (χ0v) is 16.5. The van der Waals surface area contributed by atoms with Crippen LogP contribution in [0, 0.1) is 0 Å². The smallest absolute Gasteiger partial charge is 0.191 e. The third-order valence-electron chi connectivity index (χ3n) is 4.45. The fraction of sp³-hybridized carbons (Fsp3) is 0.381. The minimum absolute atomic E-state index is 0.638. The van der Waals surface area contributed by atoms with Gasteiger partial charge in [0.15, 0.2) is 5.96 Å². The summed E-state index contributed by atoms with van der Waals surface area (Å²) in [5.41, 5.74) is 3.61. The van der Waals surface area contributed by atoms with Gasteiger partial charge in [0.1, 0.15) is 0 Å². The number of aliphatic imine (C=N–C) groups is 1. The lowest BCUT2D eigenvalue weighted by molar-refractivity contribution is 0.122. The number of benzene rings is 2. The largest absolute Gasteiger partial charge is 0.378 e. The second-order valence-electron chi connectivity index (χ2n) is 6.44. The fourth-order valence-corrected chi connectivity index (χ4v) is 3.06. The molecule has 144 valence electrons. The first-order valence-corrected chi connectivity index (χ1v) is 9.80. The minimum atomic E-state index is 0.638. The summed E-state index contributed by atoms with van der Waals surface area (Å²) in [6.45, 7) is 7.75. The average Bonchev–Trinajstić information content (AvgIpc) is 2.72. The quantitative estimate of drug-likeness (QED) is 0.590. The van der Waals surface area contributed by atoms with Crippen LogP contribution in [0.25, 0.3) is 0 Å². The molecule has 1 saturated heterocycles. The molecule has 1 fully saturated rings. The van der Waals surface area contributed by atoms with Gasteiger partial charge in [0, 0.05) is 36.9 Å². The van der Waals surface area contributed by atoms with Crippen molar-refractivity contribution >= 4 is 23.2 Å². The normalized spacial score (nSPS) is 14.9. The Morgan fingerprint density at radius 2 is 1.67 bits per heavy atom. The molecule has 1 aliphatic heterocycles. The summed E-state index contributed by atoms with van der Waals surface area (Å²) in [4.78, 5) is 7.05. The standard InChI is InChI=1S/C21H27ClN4O/c1-2-23-21(24-15-17-3-7-19(22)8-4-17)25-16-18-5-9-20(10-6-18)26-11-13-27-14-12-26/h3-10H,2,11-16H2,1H3,(H2,23,24,25). The number of hydrogen-bond acceptors (Lipinski definition) is 3. The highest BCUT2D eigenvalue weighted by molar-refractivity contribution is 6.30. The third-order valence-corrected chi connectivity index (χ3v) is 4.70. The summed E-state index contributed by atoms with van der Waals surface area (Å²) in [5.74, 6) is 0.810. The van der Waals surface area contributed by atoms with E-state index >= 15 is 0 Å². The highest BCUT2D eigenvalue weighted by Crippen LogP contribution is 2.17. The molecule has 0 aromatic heterocycles. The molecule has 27 heavy (non-hydrogen) atoms. The summed E-state index contributed by atoms with van der Waals surface area (Å²) in [5, 5.41) is 7.40. The molecule has 5 nitrogen and oxygen atoms in total. The molecular weight excluding hydrogens is 360 g/mol. The van der Waals surface area contributed by atoms with Gasteiger partial charge in [0.2, 0.25) is 0 Å². The summed E-state index contributed by atoms with van der Waals surface area (Å²) < 4.78 is 5.41. The molecule has 0 atom stereocenters. The Morgan fingerprint density at radius 3 is 2.33 bits per heavy atom. The van der Waals surface area contributed by atoms with Crippen LogP contribution >= 0.6 is 11.6 Å². The predicted molar refractivity (Wildman–Crippen MR) is 113 cm³/mol. The number of rotatable bonds is 6. The van der Waals surface area contributed by atoms with Crippen molar-refractivity contribution in [1.29, 1.82) is 0 Å². The van der Waals surface area contributed by atoms with E-state index in [1.165, 1.54) is 16.8 Å². The van der Waals surface area contributed by atoms with Crippen LogP contribution in [0.3, 0.4) is 0 Å². The lowest BCUT2D eigenvalue weighted by Gasteiger charge is -2.28. The van der Waals surface area contributed by atoms with E-state index in [4.69, 9.17) is 21.3 Å². The third kappa shape index (κ3) is 6.15. The van der Waals surface area contributed by atoms with Crippen LogP contribution in [-0.2, 0) is 17.8 Å². The van der Waals surface area contributed by atoms with Crippen molar-refractivity contribution < 1.29 is 4.74 Å². The van der Waals surface area contributed by atoms with Crippen LogP contribution in [0.4, 0.5) is 5.69 Å². The van der Waals surface area contributed by atoms with Crippen molar-refractivity contribution in [3.05, 3.63) is 64.7 Å². The van der Waals surface area contributed by atoms with Crippen LogP contribution < -0.4 is 15.5 Å². The molecule has 0 amide bonds. The van der Waals surface area contributed by atoms with Crippen molar-refractivity contribution in [2.24, 2.45) is 4.99 Å². The molecule has 2 N–H and O–H groups in total. The first-order chi connectivity index (χ1) is 13.2. The summed E-state index contributed by atoms with van der Waals surface area (Å²) in [7, 11) is 0. The fourth-order valence-electron chi connectivity index (χ4n) is 2.93. The monoisotopic (exact) mass is 386 g/mol. The van der Waals surface area contributed by atoms with Gasteiger partial charge in [-0.15, -0.1) is 0 Å². The van der Waals surface area contributed by atoms with E-state index in [-0.39, 0.29) is 0 Å². The average molecular weight is 387 g/mol. The number of guanidine groups is 1. The highest BCUT2D eigenvalue weighted by atomic mass is 35.5. The van der Waals surface area contributed by atoms with Gasteiger partial charge in [-0.05, 0) is 42.3 Å². The molecule has 3 rings (SSSR count). The van der Waals surface area contributed by atoms with E-state index in [2.05, 4.69) is 46.7 Å². The Labute approximate surface area is 166 Å². The van der Waals surface area contributed by atoms with E-state index in [1.54, 1.807) is 0 Å². The lowest BCUT2D eigenvalue weighted by atomic mass is 10.2. The molecule has 0 spiro atoms. The maximum Gasteiger partial charge on any atom is 0.191 e. The molecule has 2 aromatic carbocycles. The molecule has 0 unspecified atom stereocenters. The van der Waals surface area contributed by atoms with Crippen LogP contribution in [-0.4, -0.2) is 38.8 Å². The summed E-state index contributed by atoms with van der Waals surface area (Å²) in [6, 6.07) is 16.5. The molecule has 6 heteroatoms. The molecular formula is C21H27ClN4O. The maximum atomic E-state index is 5.94. The molecule has 0 bridgehead atoms. The van der Waals surface area contributed by atoms with Crippen LogP contribution in [0.2, 0.25) is 5.02 Å². The van der Waals surface area contributed by atoms with Gasteiger partial charge in [0.05, 0.1) is 19.8 Å². The van der Waals surface area contributed by atoms with Crippen molar-refractivity contribution in [3.8, 4) is 0 Å². The van der Waals surface area contributed by atoms with Crippen molar-refractivity contribution in [2.45, 2.75) is 20.0 Å². The topological polar surface area (TPSA) is 48.9 Å². The van der Waals surface area contributed by atoms with E-state index in [1.807, 2.05) is 24.3 Å². The second kappa shape index (κ2) is 10.2. The number of morpholine rings is 1. The van der Waals surface area contributed by atoms with Gasteiger partial charge in [0.25, 0.3) is 0 Å². The van der Waals surface area contributed by atoms with Crippen LogP contribution in [0.1, 0.15) is 18.1 Å². The van der Waals surface area contributed by atoms with Gasteiger partial charge in [-0.25, -0.2) is 4.99 Å². The Kier molecular flexibility index (Phi) is 7.36. The number of nitrogens with zero attached hydrogens (tertiary/aromatic N) is 2. The SMILES string of the molecule is CCNC(=NCc1ccc(N2CCOCC2)cc1)NCc1ccc(Cl)cc1. The number of ether oxygens (including phenoxy) is 1. The van der Waals surface area contributed by atoms with Gasteiger partial charge in [-0.3, -0.25) is 0 Å². The Hall–Kier alpha value is -2.24. The van der Waals surface area contributed by atoms with Crippen molar-refractivity contribution in [3.63, 3.8) is 0 Å². The number of halogens is 1. The number of anilines is 1. The van der Waals surface area contributed by atoms with Gasteiger partial charge in [-0.2, -0.15) is 0 Å². The number of hydrogen-bond donors (Lipinski definition) is 2. The Balaban J connectivity index is 1.56. The van der Waals surface area contributed by atoms with E-state index in [9.17, 15) is 0 Å². The van der Waals surface area contributed by atoms with Crippen LogP contribution in [0.15, 0.2) is 53.5 Å². The number of nitrogens with one attached hydrogen (secondary N) is 2. The van der Waals surface area contributed by atoms with E-state index in [0.717, 1.165) is 43.8 Å². The first-order valence-electron chi connectivity index (χ1n) is 9.43. The van der Waals surface area contributed by atoms with E-state index < -0.39 is 0 Å².